The van der Waals surface area contributed by atoms with E-state index in [4.69, 9.17) is 4.74 Å². The Balaban J connectivity index is 1.10. The molecule has 4 fully saturated rings. The average Bonchev–Trinajstić information content (AvgIpc) is 3.74. The molecule has 1 unspecified atom stereocenters. The molecule has 0 radical (unpaired) electrons. The van der Waals surface area contributed by atoms with E-state index in [0.717, 1.165) is 81.4 Å². The molecular formula is C29H35F3N2O3. The molecule has 5 nitrogen and oxygen atoms in total. The van der Waals surface area contributed by atoms with Crippen LogP contribution in [0.1, 0.15) is 58.3 Å². The molecule has 6 aliphatic rings. The maximum absolute atomic E-state index is 13.2. The zero-order chi connectivity index (χ0) is 25.8. The number of halogens is 3. The van der Waals surface area contributed by atoms with Crippen molar-refractivity contribution in [3.63, 3.8) is 0 Å². The molecule has 0 aromatic heterocycles. The van der Waals surface area contributed by atoms with Gasteiger partial charge in [0, 0.05) is 38.2 Å². The van der Waals surface area contributed by atoms with Gasteiger partial charge in [0.1, 0.15) is 11.4 Å². The van der Waals surface area contributed by atoms with Crippen LogP contribution in [0.15, 0.2) is 58.6 Å². The topological polar surface area (TPSA) is 42.0 Å². The maximum atomic E-state index is 13.2. The van der Waals surface area contributed by atoms with Crippen LogP contribution in [0.3, 0.4) is 0 Å². The van der Waals surface area contributed by atoms with Gasteiger partial charge in [-0.2, -0.15) is 0 Å². The minimum atomic E-state index is -4.65. The van der Waals surface area contributed by atoms with Gasteiger partial charge in [0.05, 0.1) is 6.54 Å². The molecule has 2 saturated heterocycles. The van der Waals surface area contributed by atoms with Crippen LogP contribution in [0.5, 0.6) is 0 Å². The van der Waals surface area contributed by atoms with Gasteiger partial charge in [0.15, 0.2) is 0 Å². The second-order valence-corrected chi connectivity index (χ2v) is 11.6. The molecule has 1 atom stereocenters. The fourth-order valence-corrected chi connectivity index (χ4v) is 6.28. The summed E-state index contributed by atoms with van der Waals surface area (Å²) < 4.78 is 50.3. The summed E-state index contributed by atoms with van der Waals surface area (Å²) in [7, 11) is 0. The number of rotatable bonds is 6. The van der Waals surface area contributed by atoms with Gasteiger partial charge in [0.25, 0.3) is 0 Å². The molecule has 8 heteroatoms. The minimum absolute atomic E-state index is 0.136. The van der Waals surface area contributed by atoms with Crippen molar-refractivity contribution in [1.29, 1.82) is 0 Å². The number of likely N-dealkylation sites (tertiary alicyclic amines) is 1. The number of piperidine rings is 1. The fraction of sp³-hybridized carbons (Fsp3) is 0.621. The first kappa shape index (κ1) is 24.8. The van der Waals surface area contributed by atoms with Gasteiger partial charge >= 0.3 is 12.5 Å². The number of amides is 1. The van der Waals surface area contributed by atoms with E-state index in [9.17, 15) is 18.0 Å². The van der Waals surface area contributed by atoms with Crippen LogP contribution < -0.4 is 0 Å². The third-order valence-electron chi connectivity index (χ3n) is 8.58. The Labute approximate surface area is 216 Å². The summed E-state index contributed by atoms with van der Waals surface area (Å²) in [5, 5.41) is 0. The van der Waals surface area contributed by atoms with E-state index in [1.54, 1.807) is 4.90 Å². The van der Waals surface area contributed by atoms with Gasteiger partial charge in [-0.15, -0.1) is 13.2 Å². The van der Waals surface area contributed by atoms with Crippen molar-refractivity contribution in [2.45, 2.75) is 70.3 Å². The molecule has 4 aliphatic carbocycles. The Hall–Kier alpha value is -2.48. The van der Waals surface area contributed by atoms with Gasteiger partial charge in [-0.25, -0.2) is 4.79 Å². The van der Waals surface area contributed by atoms with Crippen molar-refractivity contribution in [1.82, 2.24) is 9.80 Å². The first-order chi connectivity index (χ1) is 17.7. The molecule has 1 spiro atoms. The lowest BCUT2D eigenvalue weighted by molar-refractivity contribution is -0.304. The van der Waals surface area contributed by atoms with Crippen molar-refractivity contribution >= 4 is 6.09 Å². The highest BCUT2D eigenvalue weighted by atomic mass is 19.4. The Morgan fingerprint density at radius 3 is 2.49 bits per heavy atom. The Morgan fingerprint density at radius 2 is 1.81 bits per heavy atom. The first-order valence-corrected chi connectivity index (χ1v) is 13.7. The Morgan fingerprint density at radius 1 is 1.08 bits per heavy atom. The molecular weight excluding hydrogens is 481 g/mol. The van der Waals surface area contributed by atoms with Crippen molar-refractivity contribution in [3.8, 4) is 0 Å². The highest BCUT2D eigenvalue weighted by molar-refractivity contribution is 5.74. The van der Waals surface area contributed by atoms with Crippen LogP contribution in [0.25, 0.3) is 0 Å². The lowest BCUT2D eigenvalue weighted by Crippen LogP contribution is -2.48. The predicted molar refractivity (Wildman–Crippen MR) is 133 cm³/mol. The van der Waals surface area contributed by atoms with Crippen molar-refractivity contribution in [2.75, 3.05) is 26.2 Å². The number of hydrogen-bond donors (Lipinski definition) is 0. The zero-order valence-electron chi connectivity index (χ0n) is 21.4. The van der Waals surface area contributed by atoms with Crippen LogP contribution in [-0.2, 0) is 9.47 Å². The summed E-state index contributed by atoms with van der Waals surface area (Å²) >= 11 is 0. The minimum Gasteiger partial charge on any atom is -0.441 e. The van der Waals surface area contributed by atoms with E-state index in [2.05, 4.69) is 34.8 Å². The number of ether oxygens (including phenoxy) is 2. The number of alkyl halides is 3. The Bertz CT molecular complexity index is 1100. The summed E-state index contributed by atoms with van der Waals surface area (Å²) in [5.41, 5.74) is 3.29. The van der Waals surface area contributed by atoms with Gasteiger partial charge < -0.3 is 14.4 Å². The predicted octanol–water partition coefficient (Wildman–Crippen LogP) is 6.62. The molecule has 2 saturated carbocycles. The van der Waals surface area contributed by atoms with Crippen LogP contribution in [-0.4, -0.2) is 54.0 Å². The lowest BCUT2D eigenvalue weighted by Gasteiger charge is -2.39. The van der Waals surface area contributed by atoms with Gasteiger partial charge in [0.2, 0.25) is 0 Å². The fourth-order valence-electron chi connectivity index (χ4n) is 6.28. The highest BCUT2D eigenvalue weighted by Gasteiger charge is 2.48. The van der Waals surface area contributed by atoms with Gasteiger partial charge in [-0.05, 0) is 80.4 Å². The van der Waals surface area contributed by atoms with E-state index in [0.29, 0.717) is 13.0 Å². The largest absolute Gasteiger partial charge is 0.573 e. The molecule has 0 aromatic rings. The number of carbonyl (C=O) groups excluding carboxylic acids is 1. The normalized spacial score (nSPS) is 28.6. The molecule has 1 amide bonds. The Kier molecular flexibility index (Phi) is 6.29. The van der Waals surface area contributed by atoms with Crippen LogP contribution in [0, 0.1) is 17.8 Å². The molecule has 6 rings (SSSR count). The molecule has 0 N–H and O–H groups in total. The van der Waals surface area contributed by atoms with E-state index in [-0.39, 0.29) is 29.6 Å². The van der Waals surface area contributed by atoms with Crippen LogP contribution >= 0.6 is 0 Å². The standard InChI is InChI=1S/C29H35F3N2O3/c1-19-3-2-4-23(10-5-19)34-18-28(37-27(34)35)11-13-33(14-12-28)17-20-15-24(21-6-7-21)26(36-29(30,31)32)25(16-20)22-8-9-22/h3-5,10,15,20-22H,2,6-9,11-14,16-18H2,1H3. The second-order valence-electron chi connectivity index (χ2n) is 11.6. The summed E-state index contributed by atoms with van der Waals surface area (Å²) in [6.07, 6.45) is 12.1. The highest BCUT2D eigenvalue weighted by Crippen LogP contribution is 2.51. The summed E-state index contributed by atoms with van der Waals surface area (Å²) in [4.78, 5) is 16.9. The van der Waals surface area contributed by atoms with Crippen molar-refractivity contribution in [3.05, 3.63) is 58.6 Å². The summed E-state index contributed by atoms with van der Waals surface area (Å²) in [6, 6.07) is 0. The molecule has 2 aliphatic heterocycles. The molecule has 0 bridgehead atoms. The van der Waals surface area contributed by atoms with E-state index < -0.39 is 12.0 Å². The smallest absolute Gasteiger partial charge is 0.441 e. The lowest BCUT2D eigenvalue weighted by atomic mass is 9.83. The van der Waals surface area contributed by atoms with Crippen LogP contribution in [0.4, 0.5) is 18.0 Å². The van der Waals surface area contributed by atoms with Gasteiger partial charge in [-0.1, -0.05) is 29.9 Å². The monoisotopic (exact) mass is 516 g/mol. The number of carbonyl (C=O) groups is 1. The molecule has 0 aromatic carbocycles. The SMILES string of the molecule is CC1=CCC=C(N2CC3(CCN(CC4C=C(C5CC5)C(OC(F)(F)F)=C(C5CC5)C4)CC3)OC2=O)C=C1. The number of hydrogen-bond acceptors (Lipinski definition) is 4. The van der Waals surface area contributed by atoms with Crippen molar-refractivity contribution < 1.29 is 27.4 Å². The van der Waals surface area contributed by atoms with Crippen LogP contribution in [0.2, 0.25) is 0 Å². The van der Waals surface area contributed by atoms with E-state index in [1.165, 1.54) is 5.57 Å². The quantitative estimate of drug-likeness (QED) is 0.398. The second kappa shape index (κ2) is 9.37. The number of nitrogens with zero attached hydrogens (tertiary/aromatic N) is 2. The summed E-state index contributed by atoms with van der Waals surface area (Å²) in [5.74, 6) is 0.771. The summed E-state index contributed by atoms with van der Waals surface area (Å²) in [6.45, 7) is 5.06. The van der Waals surface area contributed by atoms with E-state index in [1.807, 2.05) is 12.2 Å². The van der Waals surface area contributed by atoms with Crippen molar-refractivity contribution in [2.24, 2.45) is 17.8 Å². The number of allylic oxidation sites excluding steroid dienone is 7. The zero-order valence-corrected chi connectivity index (χ0v) is 21.4. The maximum Gasteiger partial charge on any atom is 0.573 e. The average molecular weight is 517 g/mol. The molecule has 200 valence electrons. The van der Waals surface area contributed by atoms with Gasteiger partial charge in [-0.3, -0.25) is 4.90 Å². The van der Waals surface area contributed by atoms with E-state index >= 15 is 0 Å². The third kappa shape index (κ3) is 5.54. The molecule has 37 heavy (non-hydrogen) atoms. The molecule has 2 heterocycles. The third-order valence-corrected chi connectivity index (χ3v) is 8.58. The first-order valence-electron chi connectivity index (χ1n) is 13.7.